The maximum atomic E-state index is 9.70. The Labute approximate surface area is 72.1 Å². The number of methoxy groups -OCH3 is 1. The predicted octanol–water partition coefficient (Wildman–Crippen LogP) is -0.120. The Kier molecular flexibility index (Phi) is 2.73. The standard InChI is InChI=1S/C8H16O4/c1-5-7(9)8(2,10)4-6(11-3)12-5/h5-7,9-10H,4H2,1-3H3/t5-,6?,7+,8+/m0/s1. The first-order valence-electron chi connectivity index (χ1n) is 4.06. The Bertz CT molecular complexity index is 157. The molecule has 1 unspecified atom stereocenters. The van der Waals surface area contributed by atoms with Gasteiger partial charge in [0.05, 0.1) is 11.7 Å². The molecule has 72 valence electrons. The fourth-order valence-corrected chi connectivity index (χ4v) is 1.46. The van der Waals surface area contributed by atoms with Gasteiger partial charge in [-0.2, -0.15) is 0 Å². The molecule has 0 aromatic rings. The van der Waals surface area contributed by atoms with Crippen molar-refractivity contribution in [3.8, 4) is 0 Å². The molecule has 12 heavy (non-hydrogen) atoms. The van der Waals surface area contributed by atoms with E-state index in [0.717, 1.165) is 0 Å². The van der Waals surface area contributed by atoms with Gasteiger partial charge in [0.15, 0.2) is 6.29 Å². The van der Waals surface area contributed by atoms with Crippen LogP contribution >= 0.6 is 0 Å². The van der Waals surface area contributed by atoms with Gasteiger partial charge in [-0.1, -0.05) is 0 Å². The maximum Gasteiger partial charge on any atom is 0.160 e. The first kappa shape index (κ1) is 9.92. The molecular weight excluding hydrogens is 160 g/mol. The van der Waals surface area contributed by atoms with Crippen LogP contribution in [0.15, 0.2) is 0 Å². The molecule has 2 N–H and O–H groups in total. The molecule has 4 atom stereocenters. The van der Waals surface area contributed by atoms with Crippen LogP contribution < -0.4 is 0 Å². The van der Waals surface area contributed by atoms with Crippen molar-refractivity contribution < 1.29 is 19.7 Å². The summed E-state index contributed by atoms with van der Waals surface area (Å²) in [4.78, 5) is 0. The van der Waals surface area contributed by atoms with Crippen LogP contribution in [-0.4, -0.2) is 41.4 Å². The zero-order valence-electron chi connectivity index (χ0n) is 7.65. The van der Waals surface area contributed by atoms with Crippen LogP contribution in [0.25, 0.3) is 0 Å². The van der Waals surface area contributed by atoms with Gasteiger partial charge >= 0.3 is 0 Å². The van der Waals surface area contributed by atoms with E-state index in [-0.39, 0.29) is 0 Å². The van der Waals surface area contributed by atoms with Crippen LogP contribution in [0.1, 0.15) is 20.3 Å². The summed E-state index contributed by atoms with van der Waals surface area (Å²) in [5.41, 5.74) is -1.11. The largest absolute Gasteiger partial charge is 0.387 e. The molecule has 0 spiro atoms. The van der Waals surface area contributed by atoms with Gasteiger partial charge in [-0.3, -0.25) is 0 Å². The number of hydrogen-bond donors (Lipinski definition) is 2. The molecule has 1 aliphatic heterocycles. The van der Waals surface area contributed by atoms with Crippen molar-refractivity contribution in [2.45, 2.75) is 44.4 Å². The first-order chi connectivity index (χ1) is 5.47. The van der Waals surface area contributed by atoms with Crippen LogP contribution in [-0.2, 0) is 9.47 Å². The van der Waals surface area contributed by atoms with E-state index in [9.17, 15) is 10.2 Å². The highest BCUT2D eigenvalue weighted by atomic mass is 16.7. The minimum atomic E-state index is -1.11. The SMILES string of the molecule is COC1C[C@@](C)(O)[C@H](O)[C@H](C)O1. The van der Waals surface area contributed by atoms with Crippen molar-refractivity contribution in [3.63, 3.8) is 0 Å². The van der Waals surface area contributed by atoms with Crippen LogP contribution in [0.4, 0.5) is 0 Å². The van der Waals surface area contributed by atoms with Crippen LogP contribution in [0, 0.1) is 0 Å². The molecule has 1 saturated heterocycles. The highest BCUT2D eigenvalue weighted by Crippen LogP contribution is 2.28. The Morgan fingerprint density at radius 1 is 1.58 bits per heavy atom. The average Bonchev–Trinajstić information content (AvgIpc) is 1.99. The van der Waals surface area contributed by atoms with Crippen molar-refractivity contribution in [2.24, 2.45) is 0 Å². The van der Waals surface area contributed by atoms with Gasteiger partial charge in [-0.25, -0.2) is 0 Å². The number of aliphatic hydroxyl groups is 2. The summed E-state index contributed by atoms with van der Waals surface area (Å²) in [7, 11) is 1.52. The lowest BCUT2D eigenvalue weighted by molar-refractivity contribution is -0.264. The molecule has 1 fully saturated rings. The number of ether oxygens (including phenoxy) is 2. The van der Waals surface area contributed by atoms with E-state index in [1.807, 2.05) is 0 Å². The Morgan fingerprint density at radius 2 is 2.17 bits per heavy atom. The minimum Gasteiger partial charge on any atom is -0.387 e. The third-order valence-electron chi connectivity index (χ3n) is 2.29. The normalized spacial score (nSPS) is 49.2. The zero-order chi connectivity index (χ0) is 9.35. The molecule has 1 heterocycles. The second kappa shape index (κ2) is 3.30. The van der Waals surface area contributed by atoms with Crippen molar-refractivity contribution in [1.29, 1.82) is 0 Å². The molecule has 4 heteroatoms. The molecule has 1 rings (SSSR count). The van der Waals surface area contributed by atoms with Crippen molar-refractivity contribution in [3.05, 3.63) is 0 Å². The number of hydrogen-bond acceptors (Lipinski definition) is 4. The maximum absolute atomic E-state index is 9.70. The fourth-order valence-electron chi connectivity index (χ4n) is 1.46. The second-order valence-corrected chi connectivity index (χ2v) is 3.51. The molecule has 0 saturated carbocycles. The van der Waals surface area contributed by atoms with E-state index in [1.165, 1.54) is 7.11 Å². The molecule has 0 aromatic carbocycles. The lowest BCUT2D eigenvalue weighted by Gasteiger charge is -2.41. The van der Waals surface area contributed by atoms with Gasteiger partial charge in [-0.15, -0.1) is 0 Å². The van der Waals surface area contributed by atoms with Gasteiger partial charge in [-0.05, 0) is 13.8 Å². The van der Waals surface area contributed by atoms with Crippen LogP contribution in [0.3, 0.4) is 0 Å². The monoisotopic (exact) mass is 176 g/mol. The van der Waals surface area contributed by atoms with Gasteiger partial charge in [0, 0.05) is 13.5 Å². The second-order valence-electron chi connectivity index (χ2n) is 3.51. The molecule has 0 aliphatic carbocycles. The Morgan fingerprint density at radius 3 is 2.58 bits per heavy atom. The van der Waals surface area contributed by atoms with Gasteiger partial charge in [0.2, 0.25) is 0 Å². The summed E-state index contributed by atoms with van der Waals surface area (Å²) in [6.45, 7) is 3.30. The number of rotatable bonds is 1. The lowest BCUT2D eigenvalue weighted by Crippen LogP contribution is -2.54. The molecule has 0 aromatic heterocycles. The van der Waals surface area contributed by atoms with Crippen molar-refractivity contribution in [2.75, 3.05) is 7.11 Å². The van der Waals surface area contributed by atoms with E-state index in [1.54, 1.807) is 13.8 Å². The summed E-state index contributed by atoms with van der Waals surface area (Å²) in [6.07, 6.45) is -1.35. The minimum absolute atomic E-state index is 0.301. The van der Waals surface area contributed by atoms with Crippen LogP contribution in [0.2, 0.25) is 0 Å². The quantitative estimate of drug-likeness (QED) is 0.584. The van der Waals surface area contributed by atoms with Crippen LogP contribution in [0.5, 0.6) is 0 Å². The zero-order valence-corrected chi connectivity index (χ0v) is 7.65. The molecule has 1 aliphatic rings. The molecular formula is C8H16O4. The van der Waals surface area contributed by atoms with E-state index in [2.05, 4.69) is 0 Å². The number of aliphatic hydroxyl groups excluding tert-OH is 1. The topological polar surface area (TPSA) is 58.9 Å². The summed E-state index contributed by atoms with van der Waals surface area (Å²) in [5, 5.41) is 19.2. The smallest absolute Gasteiger partial charge is 0.160 e. The Hall–Kier alpha value is -0.160. The summed E-state index contributed by atoms with van der Waals surface area (Å²) >= 11 is 0. The molecule has 0 radical (unpaired) electrons. The first-order valence-corrected chi connectivity index (χ1v) is 4.06. The summed E-state index contributed by atoms with van der Waals surface area (Å²) in [5.74, 6) is 0. The highest BCUT2D eigenvalue weighted by molar-refractivity contribution is 4.90. The van der Waals surface area contributed by atoms with Gasteiger partial charge < -0.3 is 19.7 Å². The van der Waals surface area contributed by atoms with E-state index in [0.29, 0.717) is 6.42 Å². The fraction of sp³-hybridized carbons (Fsp3) is 1.00. The predicted molar refractivity (Wildman–Crippen MR) is 42.6 cm³/mol. The van der Waals surface area contributed by atoms with Crippen molar-refractivity contribution >= 4 is 0 Å². The highest BCUT2D eigenvalue weighted by Gasteiger charge is 2.43. The van der Waals surface area contributed by atoms with Gasteiger partial charge in [0.25, 0.3) is 0 Å². The van der Waals surface area contributed by atoms with Gasteiger partial charge in [0.1, 0.15) is 6.10 Å². The third-order valence-corrected chi connectivity index (χ3v) is 2.29. The third kappa shape index (κ3) is 1.77. The van der Waals surface area contributed by atoms with E-state index >= 15 is 0 Å². The van der Waals surface area contributed by atoms with Crippen molar-refractivity contribution in [1.82, 2.24) is 0 Å². The van der Waals surface area contributed by atoms with E-state index in [4.69, 9.17) is 9.47 Å². The average molecular weight is 176 g/mol. The Balaban J connectivity index is 2.65. The summed E-state index contributed by atoms with van der Waals surface area (Å²) in [6, 6.07) is 0. The lowest BCUT2D eigenvalue weighted by atomic mass is 9.89. The molecule has 0 bridgehead atoms. The summed E-state index contributed by atoms with van der Waals surface area (Å²) < 4.78 is 10.2. The van der Waals surface area contributed by atoms with E-state index < -0.39 is 24.1 Å². The molecule has 4 nitrogen and oxygen atoms in total. The molecule has 0 amide bonds.